The average molecular weight is 284 g/mol. The Labute approximate surface area is 125 Å². The van der Waals surface area contributed by atoms with Crippen LogP contribution in [0.1, 0.15) is 27.0 Å². The summed E-state index contributed by atoms with van der Waals surface area (Å²) in [6.45, 7) is 4.07. The zero-order chi connectivity index (χ0) is 15.4. The summed E-state index contributed by atoms with van der Waals surface area (Å²) in [5.41, 5.74) is 3.89. The average Bonchev–Trinajstić information content (AvgIpc) is 2.45. The standard InChI is InChI=1S/C18H20O3/c1-12-8-13(2)10-14(9-12)11-16(19)15-6-5-7-17(20-3)18(15)21-4/h5-10H,11H2,1-4H3. The summed E-state index contributed by atoms with van der Waals surface area (Å²) in [6, 6.07) is 11.5. The lowest BCUT2D eigenvalue weighted by Gasteiger charge is -2.12. The van der Waals surface area contributed by atoms with Gasteiger partial charge in [-0.2, -0.15) is 0 Å². The van der Waals surface area contributed by atoms with E-state index in [1.54, 1.807) is 32.4 Å². The number of benzene rings is 2. The number of hydrogen-bond donors (Lipinski definition) is 0. The molecular weight excluding hydrogens is 264 g/mol. The fourth-order valence-corrected chi connectivity index (χ4v) is 2.56. The van der Waals surface area contributed by atoms with Crippen LogP contribution in [0.15, 0.2) is 36.4 Å². The molecule has 2 aromatic rings. The van der Waals surface area contributed by atoms with Crippen LogP contribution < -0.4 is 9.47 Å². The molecule has 0 aromatic heterocycles. The predicted octanol–water partition coefficient (Wildman–Crippen LogP) is 3.75. The van der Waals surface area contributed by atoms with Gasteiger partial charge < -0.3 is 9.47 Å². The number of aryl methyl sites for hydroxylation is 2. The van der Waals surface area contributed by atoms with Crippen molar-refractivity contribution in [1.29, 1.82) is 0 Å². The third kappa shape index (κ3) is 3.43. The molecule has 0 N–H and O–H groups in total. The lowest BCUT2D eigenvalue weighted by molar-refractivity contribution is 0.0989. The Kier molecular flexibility index (Phi) is 4.63. The van der Waals surface area contributed by atoms with Crippen LogP contribution in [0.4, 0.5) is 0 Å². The number of rotatable bonds is 5. The van der Waals surface area contributed by atoms with Crippen molar-refractivity contribution in [2.24, 2.45) is 0 Å². The third-order valence-corrected chi connectivity index (χ3v) is 3.35. The van der Waals surface area contributed by atoms with Crippen LogP contribution in [0, 0.1) is 13.8 Å². The van der Waals surface area contributed by atoms with Gasteiger partial charge in [0.1, 0.15) is 0 Å². The van der Waals surface area contributed by atoms with Crippen LogP contribution in [0.5, 0.6) is 11.5 Å². The maximum Gasteiger partial charge on any atom is 0.171 e. The summed E-state index contributed by atoms with van der Waals surface area (Å²) >= 11 is 0. The number of carbonyl (C=O) groups is 1. The fourth-order valence-electron chi connectivity index (χ4n) is 2.56. The normalized spacial score (nSPS) is 10.3. The minimum atomic E-state index is 0.0238. The van der Waals surface area contributed by atoms with Crippen LogP contribution in [0.2, 0.25) is 0 Å². The van der Waals surface area contributed by atoms with E-state index >= 15 is 0 Å². The molecule has 21 heavy (non-hydrogen) atoms. The molecule has 0 aliphatic heterocycles. The van der Waals surface area contributed by atoms with Gasteiger partial charge in [-0.3, -0.25) is 4.79 Å². The largest absolute Gasteiger partial charge is 0.493 e. The lowest BCUT2D eigenvalue weighted by Crippen LogP contribution is -2.07. The van der Waals surface area contributed by atoms with Gasteiger partial charge in [0.25, 0.3) is 0 Å². The Morgan fingerprint density at radius 1 is 1.00 bits per heavy atom. The van der Waals surface area contributed by atoms with E-state index in [4.69, 9.17) is 9.47 Å². The molecule has 0 fully saturated rings. The van der Waals surface area contributed by atoms with Crippen LogP contribution >= 0.6 is 0 Å². The van der Waals surface area contributed by atoms with Crippen LogP contribution in [-0.4, -0.2) is 20.0 Å². The Bertz CT molecular complexity index is 639. The van der Waals surface area contributed by atoms with Crippen molar-refractivity contribution in [3.8, 4) is 11.5 Å². The number of ether oxygens (including phenoxy) is 2. The summed E-state index contributed by atoms with van der Waals surface area (Å²) in [7, 11) is 3.11. The van der Waals surface area contributed by atoms with Crippen molar-refractivity contribution < 1.29 is 14.3 Å². The van der Waals surface area contributed by atoms with Crippen molar-refractivity contribution in [2.75, 3.05) is 14.2 Å². The van der Waals surface area contributed by atoms with Crippen molar-refractivity contribution in [3.63, 3.8) is 0 Å². The fraction of sp³-hybridized carbons (Fsp3) is 0.278. The SMILES string of the molecule is COc1cccc(C(=O)Cc2cc(C)cc(C)c2)c1OC. The molecule has 0 amide bonds. The molecule has 0 aliphatic rings. The molecular formula is C18H20O3. The van der Waals surface area contributed by atoms with Gasteiger partial charge in [0.05, 0.1) is 19.8 Å². The van der Waals surface area contributed by atoms with E-state index in [-0.39, 0.29) is 5.78 Å². The van der Waals surface area contributed by atoms with Crippen molar-refractivity contribution in [2.45, 2.75) is 20.3 Å². The maximum absolute atomic E-state index is 12.5. The molecule has 0 radical (unpaired) electrons. The van der Waals surface area contributed by atoms with Gasteiger partial charge >= 0.3 is 0 Å². The molecule has 0 saturated carbocycles. The summed E-state index contributed by atoms with van der Waals surface area (Å²) in [5, 5.41) is 0. The van der Waals surface area contributed by atoms with E-state index in [2.05, 4.69) is 6.07 Å². The summed E-state index contributed by atoms with van der Waals surface area (Å²) in [5.74, 6) is 1.09. The minimum Gasteiger partial charge on any atom is -0.493 e. The summed E-state index contributed by atoms with van der Waals surface area (Å²) < 4.78 is 10.6. The number of methoxy groups -OCH3 is 2. The number of para-hydroxylation sites is 1. The van der Waals surface area contributed by atoms with E-state index in [0.717, 1.165) is 16.7 Å². The Hall–Kier alpha value is -2.29. The third-order valence-electron chi connectivity index (χ3n) is 3.35. The van der Waals surface area contributed by atoms with Crippen LogP contribution in [-0.2, 0) is 6.42 Å². The van der Waals surface area contributed by atoms with Crippen molar-refractivity contribution in [1.82, 2.24) is 0 Å². The van der Waals surface area contributed by atoms with E-state index in [9.17, 15) is 4.79 Å². The highest BCUT2D eigenvalue weighted by Gasteiger charge is 2.16. The van der Waals surface area contributed by atoms with Gasteiger partial charge in [-0.15, -0.1) is 0 Å². The first-order chi connectivity index (χ1) is 10.0. The Morgan fingerprint density at radius 2 is 1.67 bits per heavy atom. The molecule has 3 heteroatoms. The Morgan fingerprint density at radius 3 is 2.24 bits per heavy atom. The van der Waals surface area contributed by atoms with Gasteiger partial charge in [-0.25, -0.2) is 0 Å². The number of carbonyl (C=O) groups excluding carboxylic acids is 1. The second-order valence-electron chi connectivity index (χ2n) is 5.14. The molecule has 0 bridgehead atoms. The summed E-state index contributed by atoms with van der Waals surface area (Å²) in [4.78, 5) is 12.5. The highest BCUT2D eigenvalue weighted by Crippen LogP contribution is 2.31. The van der Waals surface area contributed by atoms with Crippen molar-refractivity contribution in [3.05, 3.63) is 58.7 Å². The van der Waals surface area contributed by atoms with E-state index in [1.807, 2.05) is 26.0 Å². The van der Waals surface area contributed by atoms with Gasteiger partial charge in [0.2, 0.25) is 0 Å². The Balaban J connectivity index is 2.32. The van der Waals surface area contributed by atoms with Gasteiger partial charge in [0, 0.05) is 6.42 Å². The van der Waals surface area contributed by atoms with Gasteiger partial charge in [0.15, 0.2) is 17.3 Å². The molecule has 0 spiro atoms. The lowest BCUT2D eigenvalue weighted by atomic mass is 9.99. The maximum atomic E-state index is 12.5. The molecule has 0 saturated heterocycles. The van der Waals surface area contributed by atoms with Crippen molar-refractivity contribution >= 4 is 5.78 Å². The molecule has 0 unspecified atom stereocenters. The summed E-state index contributed by atoms with van der Waals surface area (Å²) in [6.07, 6.45) is 0.353. The highest BCUT2D eigenvalue weighted by atomic mass is 16.5. The topological polar surface area (TPSA) is 35.5 Å². The van der Waals surface area contributed by atoms with Gasteiger partial charge in [-0.05, 0) is 31.5 Å². The monoisotopic (exact) mass is 284 g/mol. The predicted molar refractivity (Wildman–Crippen MR) is 83.5 cm³/mol. The quantitative estimate of drug-likeness (QED) is 0.784. The zero-order valence-corrected chi connectivity index (χ0v) is 12.9. The highest BCUT2D eigenvalue weighted by molar-refractivity contribution is 6.00. The molecule has 110 valence electrons. The first-order valence-corrected chi connectivity index (χ1v) is 6.86. The molecule has 3 nitrogen and oxygen atoms in total. The van der Waals surface area contributed by atoms with E-state index in [1.165, 1.54) is 0 Å². The van der Waals surface area contributed by atoms with Gasteiger partial charge in [-0.1, -0.05) is 35.4 Å². The zero-order valence-electron chi connectivity index (χ0n) is 12.9. The molecule has 0 atom stereocenters. The molecule has 0 aliphatic carbocycles. The van der Waals surface area contributed by atoms with Crippen LogP contribution in [0.25, 0.3) is 0 Å². The van der Waals surface area contributed by atoms with Crippen LogP contribution in [0.3, 0.4) is 0 Å². The number of Topliss-reactive ketones (excluding diaryl/α,β-unsaturated/α-hetero) is 1. The minimum absolute atomic E-state index is 0.0238. The molecule has 0 heterocycles. The number of hydrogen-bond acceptors (Lipinski definition) is 3. The smallest absolute Gasteiger partial charge is 0.171 e. The van der Waals surface area contributed by atoms with E-state index < -0.39 is 0 Å². The second kappa shape index (κ2) is 6.44. The first-order valence-electron chi connectivity index (χ1n) is 6.86. The van der Waals surface area contributed by atoms with E-state index in [0.29, 0.717) is 23.5 Å². The molecule has 2 aromatic carbocycles. The number of ketones is 1. The first kappa shape index (κ1) is 15.1. The molecule has 2 rings (SSSR count). The second-order valence-corrected chi connectivity index (χ2v) is 5.14.